The molecule has 0 radical (unpaired) electrons. The number of carbonyl (C=O) groups is 1. The van der Waals surface area contributed by atoms with Gasteiger partial charge >= 0.3 is 5.69 Å². The van der Waals surface area contributed by atoms with Crippen molar-refractivity contribution in [3.05, 3.63) is 68.5 Å². The standard InChI is InChI=1S/C18H24N4O3/c1-20(2)11-10-14(13-8-6-5-7-9-13)19-17(24)15-12-16(23)22(4)18(25)21(15)3/h5-9,12,14H,10-11H2,1-4H3,(H,19,24)/t14-/m0/s1. The molecule has 0 aliphatic heterocycles. The number of hydrogen-bond donors (Lipinski definition) is 1. The maximum atomic E-state index is 12.7. The fourth-order valence-corrected chi connectivity index (χ4v) is 2.58. The van der Waals surface area contributed by atoms with Crippen LogP contribution in [0.15, 0.2) is 46.0 Å². The predicted molar refractivity (Wildman–Crippen MR) is 96.7 cm³/mol. The highest BCUT2D eigenvalue weighted by Gasteiger charge is 2.19. The number of rotatable bonds is 6. The van der Waals surface area contributed by atoms with E-state index >= 15 is 0 Å². The van der Waals surface area contributed by atoms with Crippen LogP contribution in [0.5, 0.6) is 0 Å². The Morgan fingerprint density at radius 1 is 1.12 bits per heavy atom. The predicted octanol–water partition coefficient (Wildman–Crippen LogP) is 0.507. The molecule has 2 rings (SSSR count). The Hall–Kier alpha value is -2.67. The Bertz CT molecular complexity index is 853. The molecule has 134 valence electrons. The van der Waals surface area contributed by atoms with Gasteiger partial charge in [0.15, 0.2) is 0 Å². The number of benzene rings is 1. The van der Waals surface area contributed by atoms with E-state index in [1.54, 1.807) is 0 Å². The summed E-state index contributed by atoms with van der Waals surface area (Å²) in [6.45, 7) is 0.787. The van der Waals surface area contributed by atoms with Crippen molar-refractivity contribution >= 4 is 5.91 Å². The Labute approximate surface area is 146 Å². The van der Waals surface area contributed by atoms with E-state index in [1.165, 1.54) is 24.7 Å². The first-order valence-corrected chi connectivity index (χ1v) is 8.09. The monoisotopic (exact) mass is 344 g/mol. The minimum Gasteiger partial charge on any atom is -0.344 e. The number of nitrogens with zero attached hydrogens (tertiary/aromatic N) is 3. The maximum absolute atomic E-state index is 12.7. The summed E-state index contributed by atoms with van der Waals surface area (Å²) in [5.74, 6) is -0.440. The molecule has 2 aromatic rings. The molecule has 25 heavy (non-hydrogen) atoms. The molecule has 1 atom stereocenters. The summed E-state index contributed by atoms with van der Waals surface area (Å²) in [4.78, 5) is 38.6. The van der Waals surface area contributed by atoms with E-state index in [9.17, 15) is 14.4 Å². The molecule has 1 heterocycles. The van der Waals surface area contributed by atoms with Gasteiger partial charge in [-0.1, -0.05) is 30.3 Å². The maximum Gasteiger partial charge on any atom is 0.331 e. The smallest absolute Gasteiger partial charge is 0.331 e. The lowest BCUT2D eigenvalue weighted by Gasteiger charge is -2.22. The quantitative estimate of drug-likeness (QED) is 0.828. The lowest BCUT2D eigenvalue weighted by atomic mass is 10.0. The number of amides is 1. The third-order valence-corrected chi connectivity index (χ3v) is 4.13. The number of hydrogen-bond acceptors (Lipinski definition) is 4. The van der Waals surface area contributed by atoms with Crippen LogP contribution in [0.2, 0.25) is 0 Å². The average molecular weight is 344 g/mol. The zero-order valence-electron chi connectivity index (χ0n) is 15.0. The lowest BCUT2D eigenvalue weighted by Crippen LogP contribution is -2.42. The summed E-state index contributed by atoms with van der Waals surface area (Å²) in [7, 11) is 6.80. The van der Waals surface area contributed by atoms with Crippen molar-refractivity contribution in [1.29, 1.82) is 0 Å². The molecule has 0 fully saturated rings. The van der Waals surface area contributed by atoms with Crippen LogP contribution >= 0.6 is 0 Å². The van der Waals surface area contributed by atoms with E-state index in [0.717, 1.165) is 16.7 Å². The molecule has 0 bridgehead atoms. The highest BCUT2D eigenvalue weighted by molar-refractivity contribution is 5.92. The van der Waals surface area contributed by atoms with Gasteiger partial charge in [-0.2, -0.15) is 0 Å². The van der Waals surface area contributed by atoms with Gasteiger partial charge in [0.25, 0.3) is 11.5 Å². The number of aromatic nitrogens is 2. The van der Waals surface area contributed by atoms with Crippen molar-refractivity contribution in [2.45, 2.75) is 12.5 Å². The Balaban J connectivity index is 2.31. The Kier molecular flexibility index (Phi) is 5.93. The highest BCUT2D eigenvalue weighted by Crippen LogP contribution is 2.17. The van der Waals surface area contributed by atoms with Gasteiger partial charge in [-0.3, -0.25) is 18.7 Å². The van der Waals surface area contributed by atoms with Gasteiger partial charge in [-0.05, 0) is 32.6 Å². The summed E-state index contributed by atoms with van der Waals surface area (Å²) < 4.78 is 2.15. The third-order valence-electron chi connectivity index (χ3n) is 4.13. The van der Waals surface area contributed by atoms with Crippen molar-refractivity contribution in [3.63, 3.8) is 0 Å². The van der Waals surface area contributed by atoms with E-state index in [-0.39, 0.29) is 11.7 Å². The van der Waals surface area contributed by atoms with Crippen molar-refractivity contribution in [2.24, 2.45) is 14.1 Å². The van der Waals surface area contributed by atoms with E-state index in [4.69, 9.17) is 0 Å². The first kappa shape index (κ1) is 18.7. The van der Waals surface area contributed by atoms with Crippen molar-refractivity contribution in [1.82, 2.24) is 19.4 Å². The topological polar surface area (TPSA) is 76.3 Å². The Morgan fingerprint density at radius 3 is 2.36 bits per heavy atom. The highest BCUT2D eigenvalue weighted by atomic mass is 16.2. The van der Waals surface area contributed by atoms with Gasteiger partial charge < -0.3 is 10.2 Å². The van der Waals surface area contributed by atoms with Crippen molar-refractivity contribution in [2.75, 3.05) is 20.6 Å². The SMILES string of the molecule is CN(C)CC[C@H](NC(=O)c1cc(=O)n(C)c(=O)n1C)c1ccccc1. The van der Waals surface area contributed by atoms with E-state index < -0.39 is 17.2 Å². The molecule has 0 spiro atoms. The number of nitrogens with one attached hydrogen (secondary N) is 1. The zero-order chi connectivity index (χ0) is 18.6. The van der Waals surface area contributed by atoms with Crippen molar-refractivity contribution < 1.29 is 4.79 Å². The average Bonchev–Trinajstić information content (AvgIpc) is 2.60. The normalized spacial score (nSPS) is 12.2. The minimum atomic E-state index is -0.526. The largest absolute Gasteiger partial charge is 0.344 e. The minimum absolute atomic E-state index is 0.0545. The molecule has 0 saturated heterocycles. The fourth-order valence-electron chi connectivity index (χ4n) is 2.58. The molecule has 0 saturated carbocycles. The van der Waals surface area contributed by atoms with Gasteiger partial charge in [0, 0.05) is 20.2 Å². The second-order valence-corrected chi connectivity index (χ2v) is 6.30. The molecule has 1 aromatic carbocycles. The lowest BCUT2D eigenvalue weighted by molar-refractivity contribution is 0.0922. The third kappa shape index (κ3) is 4.45. The van der Waals surface area contributed by atoms with E-state index in [0.29, 0.717) is 6.42 Å². The summed E-state index contributed by atoms with van der Waals surface area (Å²) >= 11 is 0. The number of carbonyl (C=O) groups excluding carboxylic acids is 1. The molecule has 0 aliphatic rings. The second-order valence-electron chi connectivity index (χ2n) is 6.30. The summed E-state index contributed by atoms with van der Waals surface area (Å²) in [5, 5.41) is 2.95. The van der Waals surface area contributed by atoms with E-state index in [2.05, 4.69) is 5.32 Å². The first-order chi connectivity index (χ1) is 11.8. The molecule has 7 heteroatoms. The summed E-state index contributed by atoms with van der Waals surface area (Å²) in [6, 6.07) is 10.6. The van der Waals surface area contributed by atoms with Gasteiger partial charge in [0.1, 0.15) is 5.69 Å². The molecular formula is C18H24N4O3. The molecule has 1 aromatic heterocycles. The van der Waals surface area contributed by atoms with Gasteiger partial charge in [0.2, 0.25) is 0 Å². The fraction of sp³-hybridized carbons (Fsp3) is 0.389. The van der Waals surface area contributed by atoms with Gasteiger partial charge in [-0.15, -0.1) is 0 Å². The van der Waals surface area contributed by atoms with Crippen molar-refractivity contribution in [3.8, 4) is 0 Å². The van der Waals surface area contributed by atoms with Crippen LogP contribution in [0.4, 0.5) is 0 Å². The first-order valence-electron chi connectivity index (χ1n) is 8.09. The molecule has 1 N–H and O–H groups in total. The zero-order valence-corrected chi connectivity index (χ0v) is 15.0. The van der Waals surface area contributed by atoms with Crippen LogP contribution in [-0.2, 0) is 14.1 Å². The molecule has 7 nitrogen and oxygen atoms in total. The molecule has 1 amide bonds. The van der Waals surface area contributed by atoms with Crippen LogP contribution in [0.3, 0.4) is 0 Å². The van der Waals surface area contributed by atoms with Crippen LogP contribution in [0.1, 0.15) is 28.5 Å². The van der Waals surface area contributed by atoms with Gasteiger partial charge in [-0.25, -0.2) is 4.79 Å². The molecule has 0 unspecified atom stereocenters. The Morgan fingerprint density at radius 2 is 1.76 bits per heavy atom. The van der Waals surface area contributed by atoms with E-state index in [1.807, 2.05) is 49.3 Å². The summed E-state index contributed by atoms with van der Waals surface area (Å²) in [5.41, 5.74) is 0.00502. The van der Waals surface area contributed by atoms with Crippen LogP contribution in [0.25, 0.3) is 0 Å². The molecular weight excluding hydrogens is 320 g/mol. The van der Waals surface area contributed by atoms with Gasteiger partial charge in [0.05, 0.1) is 6.04 Å². The molecule has 0 aliphatic carbocycles. The van der Waals surface area contributed by atoms with Crippen LogP contribution in [0, 0.1) is 0 Å². The van der Waals surface area contributed by atoms with Crippen LogP contribution < -0.4 is 16.6 Å². The summed E-state index contributed by atoms with van der Waals surface area (Å²) in [6.07, 6.45) is 0.710. The second kappa shape index (κ2) is 7.94. The van der Waals surface area contributed by atoms with Crippen LogP contribution in [-0.4, -0.2) is 40.6 Å².